The van der Waals surface area contributed by atoms with Crippen LogP contribution in [-0.2, 0) is 6.54 Å². The van der Waals surface area contributed by atoms with Crippen LogP contribution in [0.2, 0.25) is 5.02 Å². The molecule has 4 nitrogen and oxygen atoms in total. The largest absolute Gasteiger partial charge is 0.497 e. The molecular formula is C21H22ClN3OS. The monoisotopic (exact) mass is 399 g/mol. The van der Waals surface area contributed by atoms with E-state index in [9.17, 15) is 0 Å². The lowest BCUT2D eigenvalue weighted by molar-refractivity contribution is 0.247. The van der Waals surface area contributed by atoms with Crippen molar-refractivity contribution in [3.05, 3.63) is 64.6 Å². The first kappa shape index (κ1) is 18.3. The molecule has 0 N–H and O–H groups in total. The van der Waals surface area contributed by atoms with Crippen LogP contribution in [0.4, 0.5) is 5.69 Å². The molecule has 0 amide bonds. The van der Waals surface area contributed by atoms with E-state index in [1.807, 2.05) is 36.4 Å². The zero-order valence-electron chi connectivity index (χ0n) is 15.3. The highest BCUT2D eigenvalue weighted by Crippen LogP contribution is 2.30. The molecule has 0 spiro atoms. The van der Waals surface area contributed by atoms with Crippen LogP contribution in [0, 0.1) is 0 Å². The van der Waals surface area contributed by atoms with E-state index in [0.29, 0.717) is 0 Å². The Hall–Kier alpha value is -2.08. The van der Waals surface area contributed by atoms with Gasteiger partial charge in [0.15, 0.2) is 0 Å². The quantitative estimate of drug-likeness (QED) is 0.616. The zero-order chi connectivity index (χ0) is 18.6. The van der Waals surface area contributed by atoms with Gasteiger partial charge in [-0.3, -0.25) is 4.90 Å². The lowest BCUT2D eigenvalue weighted by Crippen LogP contribution is -2.46. The Bertz CT molecular complexity index is 906. The second kappa shape index (κ2) is 8.30. The lowest BCUT2D eigenvalue weighted by Gasteiger charge is -2.35. The maximum Gasteiger partial charge on any atom is 0.125 e. The highest BCUT2D eigenvalue weighted by Gasteiger charge is 2.19. The number of thiazole rings is 1. The number of aromatic nitrogens is 1. The van der Waals surface area contributed by atoms with Crippen molar-refractivity contribution in [2.75, 3.05) is 38.2 Å². The third-order valence-corrected chi connectivity index (χ3v) is 6.09. The van der Waals surface area contributed by atoms with Gasteiger partial charge in [-0.05, 0) is 18.2 Å². The van der Waals surface area contributed by atoms with Crippen LogP contribution in [-0.4, -0.2) is 43.2 Å². The Morgan fingerprint density at radius 1 is 1.07 bits per heavy atom. The standard InChI is InChI=1S/C21H22ClN3OS/c1-26-18-6-4-5-17(13-18)25-11-9-24(10-12-25)14-16-15-27-21(23-16)19-7-2-3-8-20(19)22/h2-8,13,15H,9-12,14H2,1H3. The molecule has 0 radical (unpaired) electrons. The van der Waals surface area contributed by atoms with E-state index in [1.54, 1.807) is 18.4 Å². The molecule has 140 valence electrons. The molecule has 1 fully saturated rings. The van der Waals surface area contributed by atoms with Crippen molar-refractivity contribution in [3.63, 3.8) is 0 Å². The summed E-state index contributed by atoms with van der Waals surface area (Å²) >= 11 is 7.96. The summed E-state index contributed by atoms with van der Waals surface area (Å²) in [6, 6.07) is 16.2. The van der Waals surface area contributed by atoms with Crippen LogP contribution in [0.1, 0.15) is 5.69 Å². The van der Waals surface area contributed by atoms with Gasteiger partial charge in [-0.15, -0.1) is 11.3 Å². The van der Waals surface area contributed by atoms with Crippen LogP contribution in [0.3, 0.4) is 0 Å². The zero-order valence-corrected chi connectivity index (χ0v) is 16.8. The molecule has 1 aliphatic heterocycles. The Morgan fingerprint density at radius 2 is 1.89 bits per heavy atom. The molecule has 1 aliphatic rings. The minimum atomic E-state index is 0.755. The second-order valence-electron chi connectivity index (χ2n) is 6.59. The SMILES string of the molecule is COc1cccc(N2CCN(Cc3csc(-c4ccccc4Cl)n3)CC2)c1. The van der Waals surface area contributed by atoms with Crippen molar-refractivity contribution < 1.29 is 4.74 Å². The summed E-state index contributed by atoms with van der Waals surface area (Å²) in [5.74, 6) is 0.907. The topological polar surface area (TPSA) is 28.6 Å². The van der Waals surface area contributed by atoms with E-state index >= 15 is 0 Å². The highest BCUT2D eigenvalue weighted by atomic mass is 35.5. The molecule has 2 aromatic carbocycles. The van der Waals surface area contributed by atoms with Gasteiger partial charge >= 0.3 is 0 Å². The number of nitrogens with zero attached hydrogens (tertiary/aromatic N) is 3. The fourth-order valence-electron chi connectivity index (χ4n) is 3.34. The molecule has 0 saturated carbocycles. The molecule has 1 saturated heterocycles. The average molecular weight is 400 g/mol. The summed E-state index contributed by atoms with van der Waals surface area (Å²) in [6.45, 7) is 4.95. The number of halogens is 1. The summed E-state index contributed by atoms with van der Waals surface area (Å²) in [5.41, 5.74) is 3.35. The predicted octanol–water partition coefficient (Wildman–Crippen LogP) is 4.79. The van der Waals surface area contributed by atoms with E-state index in [1.165, 1.54) is 5.69 Å². The highest BCUT2D eigenvalue weighted by molar-refractivity contribution is 7.13. The molecule has 4 rings (SSSR count). The van der Waals surface area contributed by atoms with Crippen molar-refractivity contribution in [2.24, 2.45) is 0 Å². The Labute approximate surface area is 169 Å². The van der Waals surface area contributed by atoms with Gasteiger partial charge in [-0.2, -0.15) is 0 Å². The van der Waals surface area contributed by atoms with E-state index in [-0.39, 0.29) is 0 Å². The number of ether oxygens (including phenoxy) is 1. The number of anilines is 1. The van der Waals surface area contributed by atoms with Crippen molar-refractivity contribution in [1.82, 2.24) is 9.88 Å². The normalized spacial score (nSPS) is 15.1. The number of rotatable bonds is 5. The Balaban J connectivity index is 1.36. The third kappa shape index (κ3) is 4.26. The molecule has 1 aromatic heterocycles. The van der Waals surface area contributed by atoms with Crippen molar-refractivity contribution in [3.8, 4) is 16.3 Å². The summed E-state index contributed by atoms with van der Waals surface area (Å²) in [6.07, 6.45) is 0. The van der Waals surface area contributed by atoms with Gasteiger partial charge in [0.1, 0.15) is 10.8 Å². The Morgan fingerprint density at radius 3 is 2.67 bits per heavy atom. The molecule has 0 bridgehead atoms. The van der Waals surface area contributed by atoms with Crippen LogP contribution >= 0.6 is 22.9 Å². The van der Waals surface area contributed by atoms with Crippen LogP contribution < -0.4 is 9.64 Å². The van der Waals surface area contributed by atoms with Gasteiger partial charge in [0, 0.05) is 55.4 Å². The van der Waals surface area contributed by atoms with Crippen LogP contribution in [0.5, 0.6) is 5.75 Å². The van der Waals surface area contributed by atoms with Gasteiger partial charge < -0.3 is 9.64 Å². The molecule has 0 aliphatic carbocycles. The van der Waals surface area contributed by atoms with E-state index in [4.69, 9.17) is 21.3 Å². The van der Waals surface area contributed by atoms with Gasteiger partial charge in [-0.25, -0.2) is 4.98 Å². The summed E-state index contributed by atoms with van der Waals surface area (Å²) < 4.78 is 5.34. The molecule has 0 atom stereocenters. The maximum absolute atomic E-state index is 6.30. The summed E-state index contributed by atoms with van der Waals surface area (Å²) in [5, 5.41) is 3.89. The number of hydrogen-bond acceptors (Lipinski definition) is 5. The van der Waals surface area contributed by atoms with Gasteiger partial charge in [0.2, 0.25) is 0 Å². The first-order valence-corrected chi connectivity index (χ1v) is 10.3. The number of benzene rings is 2. The molecular weight excluding hydrogens is 378 g/mol. The Kier molecular flexibility index (Phi) is 5.62. The van der Waals surface area contributed by atoms with Crippen LogP contribution in [0.25, 0.3) is 10.6 Å². The third-order valence-electron chi connectivity index (χ3n) is 4.83. The fraction of sp³-hybridized carbons (Fsp3) is 0.286. The van der Waals surface area contributed by atoms with Crippen molar-refractivity contribution in [2.45, 2.75) is 6.54 Å². The van der Waals surface area contributed by atoms with E-state index in [2.05, 4.69) is 27.3 Å². The summed E-state index contributed by atoms with van der Waals surface area (Å²) in [4.78, 5) is 9.67. The molecule has 0 unspecified atom stereocenters. The molecule has 3 aromatic rings. The molecule has 27 heavy (non-hydrogen) atoms. The first-order valence-electron chi connectivity index (χ1n) is 9.03. The van der Waals surface area contributed by atoms with Crippen molar-refractivity contribution in [1.29, 1.82) is 0 Å². The minimum absolute atomic E-state index is 0.755. The predicted molar refractivity (Wildman–Crippen MR) is 113 cm³/mol. The number of methoxy groups -OCH3 is 1. The smallest absolute Gasteiger partial charge is 0.125 e. The van der Waals surface area contributed by atoms with Crippen molar-refractivity contribution >= 4 is 28.6 Å². The number of piperazine rings is 1. The minimum Gasteiger partial charge on any atom is -0.497 e. The lowest BCUT2D eigenvalue weighted by atomic mass is 10.2. The average Bonchev–Trinajstić information content (AvgIpc) is 3.17. The summed E-state index contributed by atoms with van der Waals surface area (Å²) in [7, 11) is 1.71. The van der Waals surface area contributed by atoms with Gasteiger partial charge in [-0.1, -0.05) is 35.9 Å². The van der Waals surface area contributed by atoms with Gasteiger partial charge in [0.05, 0.1) is 17.8 Å². The first-order chi connectivity index (χ1) is 13.2. The molecule has 6 heteroatoms. The second-order valence-corrected chi connectivity index (χ2v) is 7.85. The molecule has 2 heterocycles. The fourth-order valence-corrected chi connectivity index (χ4v) is 4.47. The van der Waals surface area contributed by atoms with E-state index < -0.39 is 0 Å². The maximum atomic E-state index is 6.30. The van der Waals surface area contributed by atoms with Crippen LogP contribution in [0.15, 0.2) is 53.9 Å². The van der Waals surface area contributed by atoms with Gasteiger partial charge in [0.25, 0.3) is 0 Å². The van der Waals surface area contributed by atoms with E-state index in [0.717, 1.165) is 59.8 Å². The number of hydrogen-bond donors (Lipinski definition) is 0.